The highest BCUT2D eigenvalue weighted by molar-refractivity contribution is 5.32. The van der Waals surface area contributed by atoms with Crippen LogP contribution in [0.5, 0.6) is 0 Å². The molecule has 2 aromatic rings. The van der Waals surface area contributed by atoms with Gasteiger partial charge in [-0.05, 0) is 31.5 Å². The van der Waals surface area contributed by atoms with Gasteiger partial charge < -0.3 is 14.6 Å². The van der Waals surface area contributed by atoms with Crippen LogP contribution in [0.1, 0.15) is 25.2 Å². The number of anilines is 1. The van der Waals surface area contributed by atoms with Crippen molar-refractivity contribution in [2.75, 3.05) is 25.6 Å². The van der Waals surface area contributed by atoms with Crippen molar-refractivity contribution < 1.29 is 13.7 Å². The summed E-state index contributed by atoms with van der Waals surface area (Å²) in [7, 11) is 1.62. The van der Waals surface area contributed by atoms with Crippen LogP contribution in [-0.2, 0) is 10.2 Å². The van der Waals surface area contributed by atoms with E-state index in [4.69, 9.17) is 9.26 Å². The third-order valence-corrected chi connectivity index (χ3v) is 3.13. The predicted molar refractivity (Wildman–Crippen MR) is 73.2 cm³/mol. The van der Waals surface area contributed by atoms with Crippen molar-refractivity contribution in [3.63, 3.8) is 0 Å². The molecule has 20 heavy (non-hydrogen) atoms. The fourth-order valence-electron chi connectivity index (χ4n) is 1.80. The molecule has 0 atom stereocenters. The fourth-order valence-corrected chi connectivity index (χ4v) is 1.80. The minimum absolute atomic E-state index is 0.264. The van der Waals surface area contributed by atoms with Crippen molar-refractivity contribution in [1.29, 1.82) is 0 Å². The van der Waals surface area contributed by atoms with E-state index in [1.165, 1.54) is 12.1 Å². The molecule has 0 aliphatic carbocycles. The quantitative estimate of drug-likeness (QED) is 0.824. The zero-order chi connectivity index (χ0) is 14.6. The number of methoxy groups -OCH3 is 1. The third-order valence-electron chi connectivity index (χ3n) is 3.13. The normalized spacial score (nSPS) is 11.6. The summed E-state index contributed by atoms with van der Waals surface area (Å²) in [6.45, 7) is 5.07. The van der Waals surface area contributed by atoms with Crippen LogP contribution in [0.25, 0.3) is 0 Å². The number of nitrogens with zero attached hydrogens (tertiary/aromatic N) is 2. The number of hydrogen-bond acceptors (Lipinski definition) is 5. The van der Waals surface area contributed by atoms with Gasteiger partial charge in [0.15, 0.2) is 5.82 Å². The minimum Gasteiger partial charge on any atom is -0.383 e. The molecule has 0 aliphatic heterocycles. The average Bonchev–Trinajstić information content (AvgIpc) is 2.89. The second-order valence-electron chi connectivity index (χ2n) is 4.97. The van der Waals surface area contributed by atoms with Crippen molar-refractivity contribution in [2.24, 2.45) is 0 Å². The molecule has 0 amide bonds. The molecule has 1 heterocycles. The molecule has 6 heteroatoms. The van der Waals surface area contributed by atoms with Crippen LogP contribution in [0, 0.1) is 5.82 Å². The van der Waals surface area contributed by atoms with Gasteiger partial charge in [-0.25, -0.2) is 4.39 Å². The molecule has 1 aromatic carbocycles. The van der Waals surface area contributed by atoms with Crippen LogP contribution < -0.4 is 5.32 Å². The second-order valence-corrected chi connectivity index (χ2v) is 4.97. The zero-order valence-corrected chi connectivity index (χ0v) is 11.8. The molecular weight excluding hydrogens is 261 g/mol. The van der Waals surface area contributed by atoms with Gasteiger partial charge in [-0.3, -0.25) is 0 Å². The van der Waals surface area contributed by atoms with Gasteiger partial charge in [-0.15, -0.1) is 0 Å². The molecule has 0 aliphatic rings. The number of hydrogen-bond donors (Lipinski definition) is 1. The summed E-state index contributed by atoms with van der Waals surface area (Å²) >= 11 is 0. The number of benzene rings is 1. The van der Waals surface area contributed by atoms with E-state index in [-0.39, 0.29) is 5.82 Å². The van der Waals surface area contributed by atoms with Crippen molar-refractivity contribution >= 4 is 6.01 Å². The van der Waals surface area contributed by atoms with Gasteiger partial charge in [0.05, 0.1) is 12.0 Å². The molecule has 0 radical (unpaired) electrons. The standard InChI is InChI=1S/C14H18FN3O2/c1-14(2,10-4-6-11(15)7-5-10)12-17-13(20-18-12)16-8-9-19-3/h4-7H,8-9H2,1-3H3,(H,16,17,18). The molecule has 1 aromatic heterocycles. The predicted octanol–water partition coefficient (Wildman–Crippen LogP) is 2.59. The lowest BCUT2D eigenvalue weighted by molar-refractivity contribution is 0.210. The van der Waals surface area contributed by atoms with E-state index in [1.807, 2.05) is 13.8 Å². The Morgan fingerprint density at radius 3 is 2.65 bits per heavy atom. The van der Waals surface area contributed by atoms with Crippen molar-refractivity contribution in [3.05, 3.63) is 41.5 Å². The Hall–Kier alpha value is -1.95. The van der Waals surface area contributed by atoms with E-state index in [0.29, 0.717) is 25.0 Å². The SMILES string of the molecule is COCCNc1nc(C(C)(C)c2ccc(F)cc2)no1. The molecular formula is C14H18FN3O2. The van der Waals surface area contributed by atoms with Crippen LogP contribution in [0.2, 0.25) is 0 Å². The smallest absolute Gasteiger partial charge is 0.321 e. The molecule has 0 unspecified atom stereocenters. The first-order valence-electron chi connectivity index (χ1n) is 6.37. The number of nitrogens with one attached hydrogen (secondary N) is 1. The molecule has 108 valence electrons. The largest absolute Gasteiger partial charge is 0.383 e. The first-order valence-corrected chi connectivity index (χ1v) is 6.37. The summed E-state index contributed by atoms with van der Waals surface area (Å²) in [6.07, 6.45) is 0. The first kappa shape index (κ1) is 14.5. The molecule has 0 spiro atoms. The lowest BCUT2D eigenvalue weighted by atomic mass is 9.84. The summed E-state index contributed by atoms with van der Waals surface area (Å²) in [5.74, 6) is 0.281. The molecule has 2 rings (SSSR count). The van der Waals surface area contributed by atoms with E-state index in [9.17, 15) is 4.39 Å². The maximum atomic E-state index is 13.0. The maximum absolute atomic E-state index is 13.0. The van der Waals surface area contributed by atoms with Gasteiger partial charge in [-0.1, -0.05) is 17.3 Å². The van der Waals surface area contributed by atoms with Gasteiger partial charge in [0.25, 0.3) is 0 Å². The molecule has 0 saturated heterocycles. The Bertz CT molecular complexity index is 552. The van der Waals surface area contributed by atoms with E-state index in [0.717, 1.165) is 5.56 Å². The Labute approximate surface area is 117 Å². The number of aromatic nitrogens is 2. The highest BCUT2D eigenvalue weighted by atomic mass is 19.1. The van der Waals surface area contributed by atoms with E-state index in [2.05, 4.69) is 15.5 Å². The van der Waals surface area contributed by atoms with Gasteiger partial charge >= 0.3 is 6.01 Å². The van der Waals surface area contributed by atoms with Crippen LogP contribution in [0.4, 0.5) is 10.4 Å². The van der Waals surface area contributed by atoms with Crippen LogP contribution in [0.3, 0.4) is 0 Å². The van der Waals surface area contributed by atoms with Gasteiger partial charge in [0.2, 0.25) is 0 Å². The lowest BCUT2D eigenvalue weighted by Crippen LogP contribution is -2.21. The Balaban J connectivity index is 2.15. The second kappa shape index (κ2) is 6.00. The van der Waals surface area contributed by atoms with Gasteiger partial charge in [0, 0.05) is 13.7 Å². The van der Waals surface area contributed by atoms with Crippen LogP contribution in [-0.4, -0.2) is 30.4 Å². The van der Waals surface area contributed by atoms with Crippen LogP contribution >= 0.6 is 0 Å². The van der Waals surface area contributed by atoms with Crippen molar-refractivity contribution in [1.82, 2.24) is 10.1 Å². The van der Waals surface area contributed by atoms with E-state index >= 15 is 0 Å². The third kappa shape index (κ3) is 3.14. The Morgan fingerprint density at radius 2 is 2.00 bits per heavy atom. The minimum atomic E-state index is -0.460. The fraction of sp³-hybridized carbons (Fsp3) is 0.429. The topological polar surface area (TPSA) is 60.2 Å². The number of rotatable bonds is 6. The van der Waals surface area contributed by atoms with Crippen molar-refractivity contribution in [3.8, 4) is 0 Å². The van der Waals surface area contributed by atoms with E-state index < -0.39 is 5.41 Å². The monoisotopic (exact) mass is 279 g/mol. The van der Waals surface area contributed by atoms with E-state index in [1.54, 1.807) is 19.2 Å². The molecule has 0 bridgehead atoms. The molecule has 5 nitrogen and oxygen atoms in total. The molecule has 1 N–H and O–H groups in total. The highest BCUT2D eigenvalue weighted by Gasteiger charge is 2.29. The Morgan fingerprint density at radius 1 is 1.30 bits per heavy atom. The van der Waals surface area contributed by atoms with Gasteiger partial charge in [0.1, 0.15) is 5.82 Å². The summed E-state index contributed by atoms with van der Waals surface area (Å²) in [4.78, 5) is 4.31. The molecule has 0 fully saturated rings. The summed E-state index contributed by atoms with van der Waals surface area (Å²) in [5, 5.41) is 6.96. The van der Waals surface area contributed by atoms with Gasteiger partial charge in [-0.2, -0.15) is 4.98 Å². The first-order chi connectivity index (χ1) is 9.54. The Kier molecular flexibility index (Phi) is 4.34. The maximum Gasteiger partial charge on any atom is 0.321 e. The number of ether oxygens (including phenoxy) is 1. The lowest BCUT2D eigenvalue weighted by Gasteiger charge is -2.20. The van der Waals surface area contributed by atoms with Crippen molar-refractivity contribution in [2.45, 2.75) is 19.3 Å². The number of halogens is 1. The summed E-state index contributed by atoms with van der Waals surface area (Å²) in [5.41, 5.74) is 0.460. The summed E-state index contributed by atoms with van der Waals surface area (Å²) in [6, 6.07) is 6.66. The van der Waals surface area contributed by atoms with Crippen LogP contribution in [0.15, 0.2) is 28.8 Å². The highest BCUT2D eigenvalue weighted by Crippen LogP contribution is 2.29. The average molecular weight is 279 g/mol. The molecule has 0 saturated carbocycles. The zero-order valence-electron chi connectivity index (χ0n) is 11.8. The summed E-state index contributed by atoms with van der Waals surface area (Å²) < 4.78 is 23.1.